The number of rotatable bonds is 5. The summed E-state index contributed by atoms with van der Waals surface area (Å²) in [5, 5.41) is 13.2. The van der Waals surface area contributed by atoms with Crippen molar-refractivity contribution in [2.45, 2.75) is 25.5 Å². The van der Waals surface area contributed by atoms with Gasteiger partial charge >= 0.3 is 0 Å². The molecule has 29 heavy (non-hydrogen) atoms. The highest BCUT2D eigenvalue weighted by Crippen LogP contribution is 2.31. The van der Waals surface area contributed by atoms with Gasteiger partial charge in [0.05, 0.1) is 37.0 Å². The van der Waals surface area contributed by atoms with Gasteiger partial charge < -0.3 is 19.7 Å². The van der Waals surface area contributed by atoms with Gasteiger partial charge in [0.1, 0.15) is 5.75 Å². The first-order chi connectivity index (χ1) is 14.0. The summed E-state index contributed by atoms with van der Waals surface area (Å²) in [7, 11) is 1.61. The molecule has 0 fully saturated rings. The van der Waals surface area contributed by atoms with E-state index in [1.54, 1.807) is 19.5 Å². The lowest BCUT2D eigenvalue weighted by molar-refractivity contribution is -0.117. The molecule has 2 aromatic carbocycles. The number of nitrogens with one attached hydrogen (secondary N) is 1. The molecule has 0 spiro atoms. The van der Waals surface area contributed by atoms with Gasteiger partial charge in [-0.3, -0.25) is 4.79 Å². The number of aliphatic hydroxyl groups excluding tert-OH is 1. The van der Waals surface area contributed by atoms with E-state index in [9.17, 15) is 9.90 Å². The largest absolute Gasteiger partial charge is 0.495 e. The molecule has 148 valence electrons. The number of ether oxygens (including phenoxy) is 1. The Kier molecular flexibility index (Phi) is 5.18. The number of aliphatic hydroxyl groups is 1. The van der Waals surface area contributed by atoms with Crippen LogP contribution in [0.3, 0.4) is 0 Å². The number of imidazole rings is 1. The summed E-state index contributed by atoms with van der Waals surface area (Å²) in [6.45, 7) is 1.93. The van der Waals surface area contributed by atoms with Gasteiger partial charge in [0.15, 0.2) is 0 Å². The number of hydrogen-bond donors (Lipinski definition) is 2. The molecule has 1 aromatic heterocycles. The number of methoxy groups -OCH3 is 1. The van der Waals surface area contributed by atoms with Gasteiger partial charge in [-0.15, -0.1) is 0 Å². The van der Waals surface area contributed by atoms with Crippen molar-refractivity contribution < 1.29 is 14.6 Å². The maximum absolute atomic E-state index is 12.4. The standard InChI is InChI=1S/C23H23N3O3/c1-15-13-26(14-24-15)19-9-7-16(11-21(19)29-2)8-10-22(28)25-23-18-6-4-3-5-17(18)12-20(23)27/h3-11,13-14,20,23,27H,12H2,1-2H3,(H,25,28). The van der Waals surface area contributed by atoms with Gasteiger partial charge in [-0.05, 0) is 41.8 Å². The van der Waals surface area contributed by atoms with E-state index in [-0.39, 0.29) is 11.9 Å². The summed E-state index contributed by atoms with van der Waals surface area (Å²) in [4.78, 5) is 16.7. The molecule has 0 saturated heterocycles. The Bertz CT molecular complexity index is 1070. The smallest absolute Gasteiger partial charge is 0.244 e. The van der Waals surface area contributed by atoms with Gasteiger partial charge in [-0.1, -0.05) is 30.3 Å². The second-order valence-electron chi connectivity index (χ2n) is 7.14. The highest BCUT2D eigenvalue weighted by atomic mass is 16.5. The van der Waals surface area contributed by atoms with Crippen LogP contribution in [0, 0.1) is 6.92 Å². The first-order valence-corrected chi connectivity index (χ1v) is 9.48. The molecule has 2 unspecified atom stereocenters. The van der Waals surface area contributed by atoms with Gasteiger partial charge in [-0.2, -0.15) is 0 Å². The third kappa shape index (κ3) is 3.93. The third-order valence-electron chi connectivity index (χ3n) is 5.12. The average Bonchev–Trinajstić information content (AvgIpc) is 3.29. The van der Waals surface area contributed by atoms with E-state index in [2.05, 4.69) is 10.3 Å². The van der Waals surface area contributed by atoms with E-state index in [0.29, 0.717) is 12.2 Å². The van der Waals surface area contributed by atoms with Crippen molar-refractivity contribution in [1.29, 1.82) is 0 Å². The number of benzene rings is 2. The predicted molar refractivity (Wildman–Crippen MR) is 111 cm³/mol. The van der Waals surface area contributed by atoms with Crippen LogP contribution in [0.2, 0.25) is 0 Å². The van der Waals surface area contributed by atoms with Crippen molar-refractivity contribution in [3.05, 3.63) is 83.4 Å². The lowest BCUT2D eigenvalue weighted by Gasteiger charge is -2.16. The minimum Gasteiger partial charge on any atom is -0.495 e. The molecule has 2 atom stereocenters. The first kappa shape index (κ1) is 19.0. The minimum atomic E-state index is -0.609. The van der Waals surface area contributed by atoms with Gasteiger partial charge in [0.25, 0.3) is 0 Å². The van der Waals surface area contributed by atoms with E-state index < -0.39 is 6.10 Å². The molecule has 6 heteroatoms. The predicted octanol–water partition coefficient (Wildman–Crippen LogP) is 2.98. The number of amides is 1. The number of carbonyl (C=O) groups is 1. The summed E-state index contributed by atoms with van der Waals surface area (Å²) in [5.74, 6) is 0.434. The second-order valence-corrected chi connectivity index (χ2v) is 7.14. The molecule has 1 heterocycles. The topological polar surface area (TPSA) is 76.4 Å². The fourth-order valence-electron chi connectivity index (χ4n) is 3.69. The zero-order chi connectivity index (χ0) is 20.4. The Morgan fingerprint density at radius 1 is 1.31 bits per heavy atom. The quantitative estimate of drug-likeness (QED) is 0.658. The molecule has 0 saturated carbocycles. The zero-order valence-electron chi connectivity index (χ0n) is 16.4. The maximum atomic E-state index is 12.4. The highest BCUT2D eigenvalue weighted by molar-refractivity contribution is 5.92. The molecule has 6 nitrogen and oxygen atoms in total. The van der Waals surface area contributed by atoms with E-state index >= 15 is 0 Å². The van der Waals surface area contributed by atoms with E-state index in [4.69, 9.17) is 4.74 Å². The molecule has 1 aliphatic rings. The van der Waals surface area contributed by atoms with E-state index in [1.165, 1.54) is 6.08 Å². The van der Waals surface area contributed by atoms with Gasteiger partial charge in [-0.25, -0.2) is 4.98 Å². The Morgan fingerprint density at radius 3 is 2.90 bits per heavy atom. The van der Waals surface area contributed by atoms with Crippen LogP contribution < -0.4 is 10.1 Å². The molecule has 3 aromatic rings. The molecular formula is C23H23N3O3. The van der Waals surface area contributed by atoms with Crippen LogP contribution in [-0.4, -0.2) is 33.8 Å². The van der Waals surface area contributed by atoms with Crippen LogP contribution in [0.15, 0.2) is 61.1 Å². The Hall–Kier alpha value is -3.38. The number of carbonyl (C=O) groups excluding carboxylic acids is 1. The van der Waals surface area contributed by atoms with Crippen LogP contribution in [0.25, 0.3) is 11.8 Å². The van der Waals surface area contributed by atoms with E-state index in [0.717, 1.165) is 28.1 Å². The molecule has 0 aliphatic heterocycles. The van der Waals surface area contributed by atoms with Crippen molar-refractivity contribution in [2.75, 3.05) is 7.11 Å². The van der Waals surface area contributed by atoms with Crippen LogP contribution in [0.1, 0.15) is 28.4 Å². The molecule has 0 radical (unpaired) electrons. The highest BCUT2D eigenvalue weighted by Gasteiger charge is 2.31. The SMILES string of the molecule is COc1cc(C=CC(=O)NC2c3ccccc3CC2O)ccc1-n1cnc(C)c1. The zero-order valence-corrected chi connectivity index (χ0v) is 16.4. The number of hydrogen-bond acceptors (Lipinski definition) is 4. The van der Waals surface area contributed by atoms with E-state index in [1.807, 2.05) is 60.2 Å². The van der Waals surface area contributed by atoms with Crippen molar-refractivity contribution in [3.8, 4) is 11.4 Å². The minimum absolute atomic E-state index is 0.251. The molecular weight excluding hydrogens is 366 g/mol. The third-order valence-corrected chi connectivity index (χ3v) is 5.12. The molecule has 2 N–H and O–H groups in total. The number of aromatic nitrogens is 2. The fourth-order valence-corrected chi connectivity index (χ4v) is 3.69. The fraction of sp³-hybridized carbons (Fsp3) is 0.217. The van der Waals surface area contributed by atoms with Crippen LogP contribution in [-0.2, 0) is 11.2 Å². The molecule has 0 bridgehead atoms. The van der Waals surface area contributed by atoms with Gasteiger partial charge in [0, 0.05) is 18.7 Å². The van der Waals surface area contributed by atoms with Crippen molar-refractivity contribution in [3.63, 3.8) is 0 Å². The Labute approximate surface area is 169 Å². The molecule has 4 rings (SSSR count). The summed E-state index contributed by atoms with van der Waals surface area (Å²) in [6, 6.07) is 13.1. The second kappa shape index (κ2) is 7.93. The Balaban J connectivity index is 1.48. The van der Waals surface area contributed by atoms with Crippen LogP contribution >= 0.6 is 0 Å². The Morgan fingerprint density at radius 2 is 2.14 bits per heavy atom. The molecule has 1 aliphatic carbocycles. The van der Waals surface area contributed by atoms with Crippen LogP contribution in [0.5, 0.6) is 5.75 Å². The number of nitrogens with zero attached hydrogens (tertiary/aromatic N) is 2. The summed E-state index contributed by atoms with van der Waals surface area (Å²) in [6.07, 6.45) is 6.81. The van der Waals surface area contributed by atoms with Crippen molar-refractivity contribution >= 4 is 12.0 Å². The normalized spacial score (nSPS) is 18.0. The maximum Gasteiger partial charge on any atom is 0.244 e. The van der Waals surface area contributed by atoms with Crippen molar-refractivity contribution in [2.24, 2.45) is 0 Å². The van der Waals surface area contributed by atoms with Crippen LogP contribution in [0.4, 0.5) is 0 Å². The monoisotopic (exact) mass is 389 g/mol. The molecule has 1 amide bonds. The lowest BCUT2D eigenvalue weighted by Crippen LogP contribution is -2.32. The average molecular weight is 389 g/mol. The number of fused-ring (bicyclic) bond motifs is 1. The summed E-state index contributed by atoms with van der Waals surface area (Å²) in [5.41, 5.74) is 4.68. The number of aryl methyl sites for hydroxylation is 1. The van der Waals surface area contributed by atoms with Crippen molar-refractivity contribution in [1.82, 2.24) is 14.9 Å². The summed E-state index contributed by atoms with van der Waals surface area (Å²) >= 11 is 0. The summed E-state index contributed by atoms with van der Waals surface area (Å²) < 4.78 is 7.40. The van der Waals surface area contributed by atoms with Gasteiger partial charge in [0.2, 0.25) is 5.91 Å². The lowest BCUT2D eigenvalue weighted by atomic mass is 10.1. The first-order valence-electron chi connectivity index (χ1n) is 9.48.